The molecule has 2 aromatic heterocycles. The van der Waals surface area contributed by atoms with Crippen LogP contribution >= 0.6 is 0 Å². The van der Waals surface area contributed by atoms with Gasteiger partial charge in [-0.2, -0.15) is 5.10 Å². The molecule has 0 radical (unpaired) electrons. The minimum absolute atomic E-state index is 0.00686. The first-order valence-corrected chi connectivity index (χ1v) is 11.3. The number of hydrogen-bond donors (Lipinski definition) is 1. The number of benzene rings is 2. The number of aromatic nitrogens is 3. The molecule has 0 fully saturated rings. The molecular formula is C26H29N5O2. The molecule has 33 heavy (non-hydrogen) atoms. The van der Waals surface area contributed by atoms with Gasteiger partial charge in [0, 0.05) is 30.2 Å². The van der Waals surface area contributed by atoms with Gasteiger partial charge in [-0.15, -0.1) is 0 Å². The number of likely N-dealkylation sites (N-methyl/N-ethyl adjacent to an activating group) is 1. The van der Waals surface area contributed by atoms with Gasteiger partial charge in [0.25, 0.3) is 5.91 Å². The number of carbonyl (C=O) groups excluding carboxylic acids is 1. The Morgan fingerprint density at radius 2 is 1.76 bits per heavy atom. The molecule has 0 bridgehead atoms. The van der Waals surface area contributed by atoms with Gasteiger partial charge in [0.05, 0.1) is 5.69 Å². The highest BCUT2D eigenvalue weighted by Gasteiger charge is 2.14. The number of amides is 1. The summed E-state index contributed by atoms with van der Waals surface area (Å²) in [5.74, 6) is 0.521. The number of fused-ring (bicyclic) bond motifs is 1. The van der Waals surface area contributed by atoms with E-state index in [0.717, 1.165) is 47.6 Å². The van der Waals surface area contributed by atoms with Gasteiger partial charge in [-0.1, -0.05) is 32.0 Å². The molecular weight excluding hydrogens is 414 g/mol. The smallest absolute Gasteiger partial charge is 0.257 e. The number of nitrogens with zero attached hydrogens (tertiary/aromatic N) is 4. The zero-order valence-corrected chi connectivity index (χ0v) is 19.1. The van der Waals surface area contributed by atoms with Crippen molar-refractivity contribution in [1.29, 1.82) is 0 Å². The van der Waals surface area contributed by atoms with E-state index in [9.17, 15) is 4.79 Å². The summed E-state index contributed by atoms with van der Waals surface area (Å²) in [5, 5.41) is 8.72. The highest BCUT2D eigenvalue weighted by Crippen LogP contribution is 2.29. The van der Waals surface area contributed by atoms with Crippen LogP contribution in [0.1, 0.15) is 13.8 Å². The molecule has 170 valence electrons. The Hall–Kier alpha value is -3.71. The molecule has 0 aliphatic rings. The maximum Gasteiger partial charge on any atom is 0.257 e. The molecule has 0 saturated heterocycles. The Morgan fingerprint density at radius 1 is 1.00 bits per heavy atom. The van der Waals surface area contributed by atoms with Crippen molar-refractivity contribution in [2.45, 2.75) is 13.8 Å². The molecule has 2 heterocycles. The van der Waals surface area contributed by atoms with E-state index in [1.54, 1.807) is 6.20 Å². The molecule has 0 aliphatic carbocycles. The molecule has 7 heteroatoms. The number of hydrogen-bond acceptors (Lipinski definition) is 5. The van der Waals surface area contributed by atoms with Gasteiger partial charge in [-0.3, -0.25) is 4.79 Å². The van der Waals surface area contributed by atoms with Crippen molar-refractivity contribution >= 4 is 16.9 Å². The van der Waals surface area contributed by atoms with Gasteiger partial charge in [0.1, 0.15) is 11.4 Å². The maximum absolute atomic E-state index is 12.1. The summed E-state index contributed by atoms with van der Waals surface area (Å²) in [7, 11) is 0. The summed E-state index contributed by atoms with van der Waals surface area (Å²) in [5.41, 5.74) is 3.57. The van der Waals surface area contributed by atoms with Crippen LogP contribution in [0, 0.1) is 0 Å². The number of nitrogens with one attached hydrogen (secondary N) is 1. The van der Waals surface area contributed by atoms with E-state index >= 15 is 0 Å². The van der Waals surface area contributed by atoms with Crippen LogP contribution < -0.4 is 10.1 Å². The van der Waals surface area contributed by atoms with E-state index in [0.29, 0.717) is 12.3 Å². The fourth-order valence-electron chi connectivity index (χ4n) is 3.72. The van der Waals surface area contributed by atoms with Crippen LogP contribution in [0.5, 0.6) is 5.75 Å². The lowest BCUT2D eigenvalue weighted by atomic mass is 10.1. The quantitative estimate of drug-likeness (QED) is 0.402. The zero-order valence-electron chi connectivity index (χ0n) is 19.1. The molecule has 0 saturated carbocycles. The minimum Gasteiger partial charge on any atom is -0.484 e. The summed E-state index contributed by atoms with van der Waals surface area (Å²) in [4.78, 5) is 18.9. The molecule has 0 atom stereocenters. The second-order valence-corrected chi connectivity index (χ2v) is 7.66. The van der Waals surface area contributed by atoms with Crippen LogP contribution in [0.25, 0.3) is 28.0 Å². The van der Waals surface area contributed by atoms with Crippen LogP contribution in [0.3, 0.4) is 0 Å². The molecule has 0 unspecified atom stereocenters. The van der Waals surface area contributed by atoms with E-state index in [2.05, 4.69) is 29.0 Å². The summed E-state index contributed by atoms with van der Waals surface area (Å²) in [6, 6.07) is 21.5. The van der Waals surface area contributed by atoms with Crippen LogP contribution in [-0.4, -0.2) is 58.4 Å². The highest BCUT2D eigenvalue weighted by molar-refractivity contribution is 5.92. The summed E-state index contributed by atoms with van der Waals surface area (Å²) in [6.45, 7) is 7.63. The Morgan fingerprint density at radius 3 is 2.48 bits per heavy atom. The van der Waals surface area contributed by atoms with E-state index in [1.165, 1.54) is 0 Å². The fourth-order valence-corrected chi connectivity index (χ4v) is 3.72. The highest BCUT2D eigenvalue weighted by atomic mass is 16.5. The van der Waals surface area contributed by atoms with Gasteiger partial charge >= 0.3 is 0 Å². The normalized spacial score (nSPS) is 11.1. The second kappa shape index (κ2) is 10.7. The number of para-hydroxylation sites is 1. The second-order valence-electron chi connectivity index (χ2n) is 7.66. The fraction of sp³-hybridized carbons (Fsp3) is 0.269. The van der Waals surface area contributed by atoms with Crippen molar-refractivity contribution in [3.8, 4) is 22.7 Å². The average Bonchev–Trinajstić information content (AvgIpc) is 3.26. The third-order valence-electron chi connectivity index (χ3n) is 5.59. The lowest BCUT2D eigenvalue weighted by Gasteiger charge is -2.17. The third-order valence-corrected chi connectivity index (χ3v) is 5.59. The first-order chi connectivity index (χ1) is 16.2. The topological polar surface area (TPSA) is 72.3 Å². The van der Waals surface area contributed by atoms with Gasteiger partial charge in [-0.05, 0) is 61.6 Å². The molecule has 1 amide bonds. The SMILES string of the molecule is CCN(CC)CCNC(=O)COc1ccc(-c2nn(-c3ccccc3)c3ncccc23)cc1. The van der Waals surface area contributed by atoms with Gasteiger partial charge < -0.3 is 15.0 Å². The van der Waals surface area contributed by atoms with Gasteiger partial charge in [-0.25, -0.2) is 9.67 Å². The van der Waals surface area contributed by atoms with E-state index in [1.807, 2.05) is 71.4 Å². The number of carbonyl (C=O) groups is 1. The Kier molecular flexibility index (Phi) is 7.32. The summed E-state index contributed by atoms with van der Waals surface area (Å²) < 4.78 is 7.53. The molecule has 4 aromatic rings. The van der Waals surface area contributed by atoms with Crippen molar-refractivity contribution in [3.05, 3.63) is 72.9 Å². The Labute approximate surface area is 194 Å². The molecule has 7 nitrogen and oxygen atoms in total. The molecule has 2 aromatic carbocycles. The van der Waals surface area contributed by atoms with Gasteiger partial charge in [0.2, 0.25) is 0 Å². The maximum atomic E-state index is 12.1. The van der Waals surface area contributed by atoms with Crippen LogP contribution in [0.4, 0.5) is 0 Å². The summed E-state index contributed by atoms with van der Waals surface area (Å²) >= 11 is 0. The first kappa shape index (κ1) is 22.5. The predicted octanol–water partition coefficient (Wildman–Crippen LogP) is 3.92. The van der Waals surface area contributed by atoms with Crippen LogP contribution in [0.2, 0.25) is 0 Å². The largest absolute Gasteiger partial charge is 0.484 e. The monoisotopic (exact) mass is 443 g/mol. The lowest BCUT2D eigenvalue weighted by molar-refractivity contribution is -0.123. The molecule has 4 rings (SSSR count). The number of ether oxygens (including phenoxy) is 1. The van der Waals surface area contributed by atoms with Crippen molar-refractivity contribution in [2.75, 3.05) is 32.8 Å². The summed E-state index contributed by atoms with van der Waals surface area (Å²) in [6.07, 6.45) is 1.78. The van der Waals surface area contributed by atoms with Crippen LogP contribution in [-0.2, 0) is 4.79 Å². The predicted molar refractivity (Wildman–Crippen MR) is 131 cm³/mol. The van der Waals surface area contributed by atoms with Crippen molar-refractivity contribution in [3.63, 3.8) is 0 Å². The van der Waals surface area contributed by atoms with Crippen molar-refractivity contribution in [2.24, 2.45) is 0 Å². The first-order valence-electron chi connectivity index (χ1n) is 11.3. The third kappa shape index (κ3) is 5.38. The standard InChI is InChI=1S/C26H29N5O2/c1-3-30(4-2)18-17-27-24(32)19-33-22-14-12-20(13-15-22)25-23-11-8-16-28-26(23)31(29-25)21-9-6-5-7-10-21/h5-16H,3-4,17-19H2,1-2H3,(H,27,32). The molecule has 0 spiro atoms. The van der Waals surface area contributed by atoms with E-state index < -0.39 is 0 Å². The van der Waals surface area contributed by atoms with Crippen molar-refractivity contribution < 1.29 is 9.53 Å². The van der Waals surface area contributed by atoms with Gasteiger partial charge in [0.15, 0.2) is 12.3 Å². The number of rotatable bonds is 10. The average molecular weight is 444 g/mol. The lowest BCUT2D eigenvalue weighted by Crippen LogP contribution is -2.36. The Bertz CT molecular complexity index is 1180. The molecule has 1 N–H and O–H groups in total. The number of pyridine rings is 1. The molecule has 0 aliphatic heterocycles. The van der Waals surface area contributed by atoms with Crippen molar-refractivity contribution in [1.82, 2.24) is 25.0 Å². The Balaban J connectivity index is 1.43. The van der Waals surface area contributed by atoms with E-state index in [4.69, 9.17) is 9.84 Å². The van der Waals surface area contributed by atoms with Crippen LogP contribution in [0.15, 0.2) is 72.9 Å². The van der Waals surface area contributed by atoms with E-state index in [-0.39, 0.29) is 12.5 Å². The minimum atomic E-state index is -0.120. The zero-order chi connectivity index (χ0) is 23.0.